The second-order valence-corrected chi connectivity index (χ2v) is 6.41. The highest BCUT2D eigenvalue weighted by molar-refractivity contribution is 5.76. The Bertz CT molecular complexity index is 643. The number of hydrogen-bond acceptors (Lipinski definition) is 2. The Labute approximate surface area is 131 Å². The number of hydrogen-bond donors (Lipinski definition) is 1. The molecule has 23 heavy (non-hydrogen) atoms. The monoisotopic (exact) mass is 334 g/mol. The van der Waals surface area contributed by atoms with E-state index in [2.05, 4.69) is 0 Å². The predicted molar refractivity (Wildman–Crippen MR) is 74.6 cm³/mol. The van der Waals surface area contributed by atoms with Crippen molar-refractivity contribution in [1.29, 1.82) is 0 Å². The molecule has 0 radical (unpaired) electrons. The first-order valence-corrected chi connectivity index (χ1v) is 7.09. The van der Waals surface area contributed by atoms with E-state index in [9.17, 15) is 27.5 Å². The summed E-state index contributed by atoms with van der Waals surface area (Å²) in [5.41, 5.74) is -3.51. The van der Waals surface area contributed by atoms with Crippen molar-refractivity contribution in [1.82, 2.24) is 0 Å². The summed E-state index contributed by atoms with van der Waals surface area (Å²) in [7, 11) is 0. The number of carboxylic acid groups (broad SMARTS) is 1. The average Bonchev–Trinajstić information content (AvgIpc) is 2.65. The van der Waals surface area contributed by atoms with Crippen molar-refractivity contribution >= 4 is 5.97 Å². The first-order chi connectivity index (χ1) is 10.4. The molecule has 3 nitrogen and oxygen atoms in total. The number of carbonyl (C=O) groups is 1. The third-order valence-corrected chi connectivity index (χ3v) is 5.20. The van der Waals surface area contributed by atoms with Crippen LogP contribution in [-0.2, 0) is 14.9 Å². The molecule has 128 valence electrons. The van der Waals surface area contributed by atoms with Crippen molar-refractivity contribution in [3.63, 3.8) is 0 Å². The molecule has 1 aliphatic rings. The zero-order valence-electron chi connectivity index (χ0n) is 13.2. The van der Waals surface area contributed by atoms with E-state index < -0.39 is 41.0 Å². The van der Waals surface area contributed by atoms with Gasteiger partial charge in [0.25, 0.3) is 0 Å². The fourth-order valence-electron chi connectivity index (χ4n) is 3.27. The summed E-state index contributed by atoms with van der Waals surface area (Å²) in [5.74, 6) is -3.16. The smallest absolute Gasteiger partial charge is 0.417 e. The van der Waals surface area contributed by atoms with Gasteiger partial charge in [-0.15, -0.1) is 0 Å². The molecule has 0 saturated carbocycles. The van der Waals surface area contributed by atoms with Crippen LogP contribution in [0.4, 0.5) is 17.6 Å². The second-order valence-electron chi connectivity index (χ2n) is 6.41. The van der Waals surface area contributed by atoms with Crippen LogP contribution in [0.15, 0.2) is 18.2 Å². The first kappa shape index (κ1) is 17.7. The molecule has 7 heteroatoms. The SMILES string of the molecule is Cc1cc([C@@]2(C)[C@H](C(=O)O)O[C@@](C)(C(F)(F)F)[C@H]2C)ccc1F. The molecule has 0 unspecified atom stereocenters. The summed E-state index contributed by atoms with van der Waals surface area (Å²) in [6, 6.07) is 3.83. The number of benzene rings is 1. The van der Waals surface area contributed by atoms with Gasteiger partial charge in [-0.2, -0.15) is 13.2 Å². The Morgan fingerprint density at radius 2 is 1.87 bits per heavy atom. The molecule has 0 bridgehead atoms. The third kappa shape index (κ3) is 2.41. The van der Waals surface area contributed by atoms with Gasteiger partial charge in [0.15, 0.2) is 11.7 Å². The molecule has 1 fully saturated rings. The molecule has 0 spiro atoms. The number of rotatable bonds is 2. The molecule has 0 aliphatic carbocycles. The van der Waals surface area contributed by atoms with Crippen molar-refractivity contribution < 1.29 is 32.2 Å². The van der Waals surface area contributed by atoms with E-state index in [1.165, 1.54) is 32.9 Å². The third-order valence-electron chi connectivity index (χ3n) is 5.20. The molecule has 4 atom stereocenters. The van der Waals surface area contributed by atoms with E-state index in [0.717, 1.165) is 13.0 Å². The van der Waals surface area contributed by atoms with Gasteiger partial charge in [0.2, 0.25) is 0 Å². The molecule has 1 saturated heterocycles. The van der Waals surface area contributed by atoms with Gasteiger partial charge in [-0.1, -0.05) is 26.0 Å². The van der Waals surface area contributed by atoms with E-state index in [1.54, 1.807) is 0 Å². The summed E-state index contributed by atoms with van der Waals surface area (Å²) < 4.78 is 58.9. The lowest BCUT2D eigenvalue weighted by Gasteiger charge is -2.36. The van der Waals surface area contributed by atoms with Crippen LogP contribution in [0.1, 0.15) is 31.9 Å². The quantitative estimate of drug-likeness (QED) is 0.836. The molecule has 0 amide bonds. The minimum absolute atomic E-state index is 0.237. The summed E-state index contributed by atoms with van der Waals surface area (Å²) in [5, 5.41) is 9.38. The molecule has 0 aromatic heterocycles. The van der Waals surface area contributed by atoms with Crippen LogP contribution >= 0.6 is 0 Å². The number of aryl methyl sites for hydroxylation is 1. The second kappa shape index (κ2) is 5.19. The summed E-state index contributed by atoms with van der Waals surface area (Å²) in [4.78, 5) is 11.5. The van der Waals surface area contributed by atoms with Gasteiger partial charge >= 0.3 is 12.1 Å². The maximum atomic E-state index is 13.5. The van der Waals surface area contributed by atoms with E-state index in [-0.39, 0.29) is 5.56 Å². The predicted octanol–water partition coefficient (Wildman–Crippen LogP) is 3.83. The minimum Gasteiger partial charge on any atom is -0.479 e. The Balaban J connectivity index is 2.65. The van der Waals surface area contributed by atoms with Gasteiger partial charge < -0.3 is 9.84 Å². The molecule has 2 rings (SSSR count). The van der Waals surface area contributed by atoms with Crippen LogP contribution in [0, 0.1) is 18.7 Å². The van der Waals surface area contributed by atoms with Crippen LogP contribution in [0.2, 0.25) is 0 Å². The Morgan fingerprint density at radius 3 is 2.30 bits per heavy atom. The molecule has 1 aromatic carbocycles. The maximum absolute atomic E-state index is 13.5. The number of ether oxygens (including phenoxy) is 1. The van der Waals surface area contributed by atoms with E-state index >= 15 is 0 Å². The zero-order chi connectivity index (χ0) is 17.8. The summed E-state index contributed by atoms with van der Waals surface area (Å²) in [6.07, 6.45) is -6.42. The number of alkyl halides is 3. The lowest BCUT2D eigenvalue weighted by atomic mass is 9.65. The molecular formula is C16H18F4O3. The number of halogens is 4. The standard InChI is InChI=1S/C16H18F4O3/c1-8-7-10(5-6-11(8)17)14(3)9(2)15(4,16(18,19)20)23-12(14)13(21)22/h5-7,9,12H,1-4H3,(H,21,22)/t9-,12-,14-,15+/m0/s1. The van der Waals surface area contributed by atoms with E-state index in [0.29, 0.717) is 5.56 Å². The largest absolute Gasteiger partial charge is 0.479 e. The fraction of sp³-hybridized carbons (Fsp3) is 0.562. The highest BCUT2D eigenvalue weighted by Gasteiger charge is 2.70. The van der Waals surface area contributed by atoms with Gasteiger partial charge in [0.1, 0.15) is 5.82 Å². The van der Waals surface area contributed by atoms with Crippen LogP contribution in [0.3, 0.4) is 0 Å². The lowest BCUT2D eigenvalue weighted by Crippen LogP contribution is -2.49. The fourth-order valence-corrected chi connectivity index (χ4v) is 3.27. The van der Waals surface area contributed by atoms with Crippen molar-refractivity contribution in [3.8, 4) is 0 Å². The van der Waals surface area contributed by atoms with Gasteiger partial charge in [-0.05, 0) is 31.0 Å². The van der Waals surface area contributed by atoms with Crippen LogP contribution in [-0.4, -0.2) is 29.0 Å². The normalized spacial score (nSPS) is 34.6. The van der Waals surface area contributed by atoms with Gasteiger partial charge in [-0.25, -0.2) is 9.18 Å². The molecule has 1 N–H and O–H groups in total. The topological polar surface area (TPSA) is 46.5 Å². The van der Waals surface area contributed by atoms with E-state index in [1.807, 2.05) is 0 Å². The van der Waals surface area contributed by atoms with Crippen LogP contribution < -0.4 is 0 Å². The van der Waals surface area contributed by atoms with Gasteiger partial charge in [-0.3, -0.25) is 0 Å². The van der Waals surface area contributed by atoms with Gasteiger partial charge in [0.05, 0.1) is 0 Å². The lowest BCUT2D eigenvalue weighted by molar-refractivity contribution is -0.273. The number of carboxylic acids is 1. The molecule has 1 heterocycles. The van der Waals surface area contributed by atoms with Crippen molar-refractivity contribution in [2.45, 2.75) is 51.0 Å². The zero-order valence-corrected chi connectivity index (χ0v) is 13.2. The summed E-state index contributed by atoms with van der Waals surface area (Å²) in [6.45, 7) is 5.06. The van der Waals surface area contributed by atoms with Crippen molar-refractivity contribution in [3.05, 3.63) is 35.1 Å². The Hall–Kier alpha value is -1.63. The van der Waals surface area contributed by atoms with Crippen molar-refractivity contribution in [2.24, 2.45) is 5.92 Å². The molecule has 1 aliphatic heterocycles. The number of aliphatic carboxylic acids is 1. The minimum atomic E-state index is -4.73. The first-order valence-electron chi connectivity index (χ1n) is 7.09. The maximum Gasteiger partial charge on any atom is 0.417 e. The Kier molecular flexibility index (Phi) is 4.00. The highest BCUT2D eigenvalue weighted by atomic mass is 19.4. The average molecular weight is 334 g/mol. The highest BCUT2D eigenvalue weighted by Crippen LogP contribution is 2.56. The summed E-state index contributed by atoms with van der Waals surface area (Å²) >= 11 is 0. The van der Waals surface area contributed by atoms with Crippen molar-refractivity contribution in [2.75, 3.05) is 0 Å². The molecule has 1 aromatic rings. The van der Waals surface area contributed by atoms with E-state index in [4.69, 9.17) is 4.74 Å². The van der Waals surface area contributed by atoms with Gasteiger partial charge in [0, 0.05) is 11.3 Å². The van der Waals surface area contributed by atoms with Crippen LogP contribution in [0.5, 0.6) is 0 Å². The molecular weight excluding hydrogens is 316 g/mol. The van der Waals surface area contributed by atoms with Crippen LogP contribution in [0.25, 0.3) is 0 Å². The Morgan fingerprint density at radius 1 is 1.30 bits per heavy atom.